The molecule has 15 rings (SSSR count). The normalized spacial score (nSPS) is 11.5. The minimum Gasteiger partial charge on any atom is -0.457 e. The fraction of sp³-hybridized carbons (Fsp3) is 0.419. The van der Waals surface area contributed by atoms with Crippen molar-refractivity contribution in [3.8, 4) is 5.75 Å². The highest BCUT2D eigenvalue weighted by Crippen LogP contribution is 2.36. The molecule has 10 nitrogen and oxygen atoms in total. The summed E-state index contributed by atoms with van der Waals surface area (Å²) in [6.07, 6.45) is 14.8. The van der Waals surface area contributed by atoms with Gasteiger partial charge in [-0.05, 0) is 280 Å². The van der Waals surface area contributed by atoms with Crippen LogP contribution in [0.3, 0.4) is 0 Å². The Morgan fingerprint density at radius 2 is 0.864 bits per heavy atom. The summed E-state index contributed by atoms with van der Waals surface area (Å²) in [5.74, 6) is 10.3. The Labute approximate surface area is 857 Å². The maximum atomic E-state index is 5.92. The average molecular weight is 1910 g/mol. The van der Waals surface area contributed by atoms with Crippen molar-refractivity contribution in [1.82, 2.24) is 34.9 Å². The van der Waals surface area contributed by atoms with Crippen LogP contribution in [-0.4, -0.2) is 47.1 Å². The van der Waals surface area contributed by atoms with Gasteiger partial charge in [-0.3, -0.25) is 15.0 Å². The molecule has 0 aliphatic carbocycles. The quantitative estimate of drug-likeness (QED) is 0.0996. The molecular formula is C129H181ClN8O2. The molecule has 0 saturated carbocycles. The molecule has 0 spiro atoms. The van der Waals surface area contributed by atoms with E-state index in [4.69, 9.17) is 20.9 Å². The molecule has 0 N–H and O–H groups in total. The van der Waals surface area contributed by atoms with Gasteiger partial charge >= 0.3 is 0 Å². The minimum atomic E-state index is 0. The molecule has 0 fully saturated rings. The van der Waals surface area contributed by atoms with Crippen molar-refractivity contribution >= 4 is 33.9 Å². The van der Waals surface area contributed by atoms with Gasteiger partial charge in [-0.15, -0.1) is 0 Å². The maximum Gasteiger partial charge on any atom is 0.167 e. The Morgan fingerprint density at radius 3 is 1.26 bits per heavy atom. The van der Waals surface area contributed by atoms with Crippen molar-refractivity contribution in [2.45, 2.75) is 347 Å². The summed E-state index contributed by atoms with van der Waals surface area (Å²) in [6, 6.07) is 78.8. The van der Waals surface area contributed by atoms with E-state index in [-0.39, 0.29) is 7.43 Å². The fourth-order valence-corrected chi connectivity index (χ4v) is 14.3. The molecule has 0 saturated heterocycles. The van der Waals surface area contributed by atoms with Crippen molar-refractivity contribution in [2.24, 2.45) is 10.9 Å². The number of allylic oxidation sites excluding steroid dienone is 3. The second-order valence-corrected chi connectivity index (χ2v) is 41.0. The van der Waals surface area contributed by atoms with Gasteiger partial charge in [0.05, 0.1) is 23.6 Å². The van der Waals surface area contributed by atoms with Gasteiger partial charge in [0.1, 0.15) is 17.3 Å². The van der Waals surface area contributed by atoms with Crippen LogP contribution in [0.1, 0.15) is 410 Å². The highest BCUT2D eigenvalue weighted by atomic mass is 35.5. The zero-order chi connectivity index (χ0) is 104. The molecule has 8 aromatic carbocycles. The molecule has 13 aromatic rings. The van der Waals surface area contributed by atoms with Gasteiger partial charge in [0.2, 0.25) is 0 Å². The molecule has 7 heterocycles. The molecule has 5 aromatic heterocycles. The molecule has 0 unspecified atom stereocenters. The van der Waals surface area contributed by atoms with Crippen LogP contribution in [0, 0.1) is 54.4 Å². The molecular weight excluding hydrogens is 1730 g/mol. The Morgan fingerprint density at radius 1 is 0.386 bits per heavy atom. The van der Waals surface area contributed by atoms with Crippen LogP contribution >= 0.6 is 11.6 Å². The number of ether oxygens (including phenoxy) is 1. The summed E-state index contributed by atoms with van der Waals surface area (Å²) in [7, 11) is 0. The first kappa shape index (κ1) is 125. The van der Waals surface area contributed by atoms with Gasteiger partial charge in [-0.25, -0.2) is 4.98 Å². The summed E-state index contributed by atoms with van der Waals surface area (Å²) in [6.45, 7) is 88.2. The number of imidazole rings is 1. The fourth-order valence-electron chi connectivity index (χ4n) is 13.9. The van der Waals surface area contributed by atoms with E-state index in [0.29, 0.717) is 83.0 Å². The van der Waals surface area contributed by atoms with Crippen LogP contribution in [-0.2, 0) is 6.42 Å². The first-order valence-corrected chi connectivity index (χ1v) is 51.1. The summed E-state index contributed by atoms with van der Waals surface area (Å²) < 4.78 is 13.2. The van der Waals surface area contributed by atoms with Gasteiger partial charge in [-0.1, -0.05) is 423 Å². The minimum absolute atomic E-state index is 0. The SMILES string of the molecule is C.C=C1C=C(C)c2ccc(C(C)C)cc2O1.C=C1C=CC(C(C)C)=NC1.CC(C)c1ccccc1.CC(C)c1ccccc1Cl.CC(C)c1cccnc1.CCc1ccc(C(C)C)cc1.Cc1ccc(C(C)C)cc1.Cc1ccc(C(C)C)nc1.Cc1ccc(C(C)C)nn1.Cc1ccc2c(C(C)C)noc2c1.Cc1cccc(C(C)C)c1.Cc1cccc(C(C)C)c1.Cc1cnc(C(C)C)n1C(C)C. The van der Waals surface area contributed by atoms with Crippen molar-refractivity contribution in [3.63, 3.8) is 0 Å². The molecule has 756 valence electrons. The van der Waals surface area contributed by atoms with Crippen LogP contribution in [0.25, 0.3) is 16.5 Å². The van der Waals surface area contributed by atoms with E-state index in [1.165, 1.54) is 112 Å². The lowest BCUT2D eigenvalue weighted by Crippen LogP contribution is -2.09. The first-order chi connectivity index (χ1) is 65.5. The van der Waals surface area contributed by atoms with Crippen molar-refractivity contribution < 1.29 is 9.26 Å². The van der Waals surface area contributed by atoms with E-state index in [0.717, 1.165) is 63.1 Å². The van der Waals surface area contributed by atoms with Gasteiger partial charge < -0.3 is 13.8 Å². The van der Waals surface area contributed by atoms with E-state index in [1.807, 2.05) is 86.2 Å². The lowest BCUT2D eigenvalue weighted by atomic mass is 9.97. The molecule has 2 aliphatic rings. The third kappa shape index (κ3) is 48.1. The second-order valence-electron chi connectivity index (χ2n) is 40.6. The number of hydrogen-bond acceptors (Lipinski definition) is 9. The highest BCUT2D eigenvalue weighted by Gasteiger charge is 2.17. The summed E-state index contributed by atoms with van der Waals surface area (Å²) in [4.78, 5) is 17.0. The zero-order valence-corrected chi connectivity index (χ0v) is 93.3. The van der Waals surface area contributed by atoms with E-state index in [1.54, 1.807) is 6.20 Å². The average Bonchev–Trinajstić information content (AvgIpc) is 1.28. The van der Waals surface area contributed by atoms with E-state index in [2.05, 4.69) is 484 Å². The highest BCUT2D eigenvalue weighted by molar-refractivity contribution is 6.31. The van der Waals surface area contributed by atoms with E-state index >= 15 is 0 Å². The van der Waals surface area contributed by atoms with Crippen molar-refractivity contribution in [1.29, 1.82) is 0 Å². The largest absolute Gasteiger partial charge is 0.457 e. The van der Waals surface area contributed by atoms with Gasteiger partial charge in [0.15, 0.2) is 5.58 Å². The standard InChI is InChI=1S/C14H16O.C11H13NO.C11H16.C10H18N2.3C10H14.C9H11Cl.2C9H13N.C9H12.C8H12N2.C8H11N.CH4/c1-9(2)12-5-6-13-10(3)7-11(4)15-14(13)8-12;1-7(2)11-9-5-4-8(3)6-10(9)13-12-11;1-4-10-5-7-11(8-6-10)9(2)3;1-7(2)10-11-6-9(5)12(10)8(3)4;1-8(2)10-6-4-9(3)5-7-10;2*1-8(2)10-6-4-5-9(3)7-10;1-7(2)8-5-3-4-6-9(8)10;2*1-7(2)9-5-4-8(3)6-10-9;1-8(2)9-6-4-3-5-7-9;1-6(2)8-5-4-7(3)9-10-8;1-7(2)8-4-3-5-9-6-8;/h5-9H,4H2,1-3H3;4-7H,1-3H3;5-9H,4H2,1-3H3;6-8H,1-5H3;3*4-8H,1-3H3;3-7H,1-2H3;4-7H,1-3H3;4-5,7H,3,6H2,1-2H3;3-8H,1-2H3;4-6H,1-3H3;3-7H,1-2H3;1H4. The number of nitrogens with zero attached hydrogens (tertiary/aromatic N) is 8. The summed E-state index contributed by atoms with van der Waals surface area (Å²) in [5.41, 5.74) is 30.0. The molecule has 0 bridgehead atoms. The number of halogens is 1. The Balaban J connectivity index is 0.000000514. The third-order valence-corrected chi connectivity index (χ3v) is 23.3. The maximum absolute atomic E-state index is 5.92. The van der Waals surface area contributed by atoms with Crippen LogP contribution in [0.15, 0.2) is 301 Å². The summed E-state index contributed by atoms with van der Waals surface area (Å²) >= 11 is 5.92. The van der Waals surface area contributed by atoms with Gasteiger partial charge in [0, 0.05) is 69.8 Å². The number of aromatic nitrogens is 7. The number of benzene rings is 8. The van der Waals surface area contributed by atoms with Crippen LogP contribution in [0.2, 0.25) is 5.02 Å². The number of rotatable bonds is 15. The molecule has 140 heavy (non-hydrogen) atoms. The molecule has 0 amide bonds. The van der Waals surface area contributed by atoms with E-state index < -0.39 is 0 Å². The van der Waals surface area contributed by atoms with Gasteiger partial charge in [-0.2, -0.15) is 10.2 Å². The zero-order valence-electron chi connectivity index (χ0n) is 92.6. The Kier molecular flexibility index (Phi) is 59.0. The Hall–Kier alpha value is -11.5. The Bertz CT molecular complexity index is 5490. The predicted molar refractivity (Wildman–Crippen MR) is 614 cm³/mol. The number of aryl methyl sites for hydroxylation is 8. The lowest BCUT2D eigenvalue weighted by Gasteiger charge is -2.19. The topological polar surface area (TPSA) is 117 Å². The summed E-state index contributed by atoms with van der Waals surface area (Å²) in [5, 5.41) is 14.1. The molecule has 11 heteroatoms. The molecule has 2 aliphatic heterocycles. The van der Waals surface area contributed by atoms with Gasteiger partial charge in [0.25, 0.3) is 0 Å². The number of pyridine rings is 2. The number of dihydropyridines is 1. The van der Waals surface area contributed by atoms with Crippen LogP contribution < -0.4 is 4.74 Å². The smallest absolute Gasteiger partial charge is 0.167 e. The van der Waals surface area contributed by atoms with Crippen molar-refractivity contribution in [2.75, 3.05) is 6.54 Å². The molecule has 0 atom stereocenters. The van der Waals surface area contributed by atoms with Crippen molar-refractivity contribution in [3.05, 3.63) is 415 Å². The lowest BCUT2D eigenvalue weighted by molar-refractivity contribution is 0.440. The monoisotopic (exact) mass is 1910 g/mol. The number of aliphatic imine (C=N–C) groups is 1. The molecule has 0 radical (unpaired) electrons. The predicted octanol–water partition coefficient (Wildman–Crippen LogP) is 38.7. The third-order valence-electron chi connectivity index (χ3n) is 23.0. The van der Waals surface area contributed by atoms with E-state index in [9.17, 15) is 0 Å². The first-order valence-electron chi connectivity index (χ1n) is 50.8. The second kappa shape index (κ2) is 66.3. The number of hydrogen-bond donors (Lipinski definition) is 0. The van der Waals surface area contributed by atoms with Crippen LogP contribution in [0.4, 0.5) is 0 Å². The van der Waals surface area contributed by atoms with Crippen LogP contribution in [0.5, 0.6) is 5.75 Å². The number of fused-ring (bicyclic) bond motifs is 2.